The lowest BCUT2D eigenvalue weighted by Crippen LogP contribution is -2.57. The molecule has 6 nitrogen and oxygen atoms in total. The maximum absolute atomic E-state index is 12.8. The van der Waals surface area contributed by atoms with Gasteiger partial charge >= 0.3 is 6.03 Å². The second-order valence-corrected chi connectivity index (χ2v) is 10.2. The number of carbonyl (C=O) groups is 2. The second-order valence-electron chi connectivity index (χ2n) is 10.2. The molecule has 2 aliphatic heterocycles. The smallest absolute Gasteiger partial charge is 0.318 e. The molecule has 3 amide bonds. The third-order valence-electron chi connectivity index (χ3n) is 7.41. The Morgan fingerprint density at radius 2 is 1.76 bits per heavy atom. The number of likely N-dealkylation sites (tertiary alicyclic amines) is 1. The van der Waals surface area contributed by atoms with Gasteiger partial charge in [-0.15, -0.1) is 0 Å². The van der Waals surface area contributed by atoms with E-state index in [4.69, 9.17) is 4.74 Å². The zero-order valence-electron chi connectivity index (χ0n) is 18.3. The summed E-state index contributed by atoms with van der Waals surface area (Å²) >= 11 is 0. The van der Waals surface area contributed by atoms with Crippen molar-refractivity contribution < 1.29 is 14.3 Å². The number of carbonyl (C=O) groups excluding carboxylic acids is 2. The van der Waals surface area contributed by atoms with E-state index in [1.54, 1.807) is 0 Å². The minimum Gasteiger partial charge on any atom is -0.375 e. The minimum atomic E-state index is -0.154. The molecule has 6 heteroatoms. The van der Waals surface area contributed by atoms with Gasteiger partial charge in [0, 0.05) is 44.2 Å². The lowest BCUT2D eigenvalue weighted by Gasteiger charge is -2.48. The third-order valence-corrected chi connectivity index (χ3v) is 7.41. The molecule has 2 saturated carbocycles. The number of nitrogens with one attached hydrogen (secondary N) is 1. The fraction of sp³-hybridized carbons (Fsp3) is 0.913. The molecule has 1 atom stereocenters. The Morgan fingerprint density at radius 1 is 1.07 bits per heavy atom. The standard InChI is InChI=1S/C23H39N3O3/c1-17(2)24-22(28)26(19-7-8-19)20-9-14-29-23(16-20)10-12-25(13-11-23)21(27)15-18-5-3-4-6-18/h17-20H,3-16H2,1-2H3,(H,24,28). The third kappa shape index (κ3) is 5.07. The van der Waals surface area contributed by atoms with Crippen molar-refractivity contribution in [3.63, 3.8) is 0 Å². The highest BCUT2D eigenvalue weighted by Crippen LogP contribution is 2.40. The second kappa shape index (κ2) is 8.83. The van der Waals surface area contributed by atoms with E-state index in [1.807, 2.05) is 13.8 Å². The van der Waals surface area contributed by atoms with E-state index < -0.39 is 0 Å². The van der Waals surface area contributed by atoms with Gasteiger partial charge in [0.05, 0.1) is 5.60 Å². The maximum atomic E-state index is 12.8. The van der Waals surface area contributed by atoms with Crippen molar-refractivity contribution >= 4 is 11.9 Å². The number of ether oxygens (including phenoxy) is 1. The Balaban J connectivity index is 1.33. The van der Waals surface area contributed by atoms with Crippen LogP contribution >= 0.6 is 0 Å². The minimum absolute atomic E-state index is 0.0914. The summed E-state index contributed by atoms with van der Waals surface area (Å²) in [5, 5.41) is 3.10. The van der Waals surface area contributed by atoms with E-state index >= 15 is 0 Å². The predicted molar refractivity (Wildman–Crippen MR) is 113 cm³/mol. The molecule has 0 bridgehead atoms. The summed E-state index contributed by atoms with van der Waals surface area (Å²) < 4.78 is 6.31. The van der Waals surface area contributed by atoms with Gasteiger partial charge in [0.2, 0.25) is 5.91 Å². The van der Waals surface area contributed by atoms with E-state index in [2.05, 4.69) is 15.1 Å². The Hall–Kier alpha value is -1.30. The van der Waals surface area contributed by atoms with Crippen LogP contribution in [0.4, 0.5) is 4.79 Å². The average molecular weight is 406 g/mol. The molecule has 164 valence electrons. The highest BCUT2D eigenvalue weighted by atomic mass is 16.5. The summed E-state index contributed by atoms with van der Waals surface area (Å²) in [7, 11) is 0. The molecule has 1 unspecified atom stereocenters. The zero-order chi connectivity index (χ0) is 20.4. The highest BCUT2D eigenvalue weighted by Gasteiger charge is 2.46. The van der Waals surface area contributed by atoms with Crippen molar-refractivity contribution in [2.24, 2.45) is 5.92 Å². The van der Waals surface area contributed by atoms with Gasteiger partial charge in [-0.2, -0.15) is 0 Å². The number of rotatable bonds is 5. The van der Waals surface area contributed by atoms with Crippen LogP contribution < -0.4 is 5.32 Å². The summed E-state index contributed by atoms with van der Waals surface area (Å²) in [6.07, 6.45) is 11.7. The van der Waals surface area contributed by atoms with E-state index in [0.717, 1.165) is 64.6 Å². The summed E-state index contributed by atoms with van der Waals surface area (Å²) in [5.74, 6) is 0.954. The van der Waals surface area contributed by atoms with Crippen molar-refractivity contribution in [3.05, 3.63) is 0 Å². The first-order valence-electron chi connectivity index (χ1n) is 12.0. The molecule has 4 rings (SSSR count). The molecule has 0 aromatic rings. The van der Waals surface area contributed by atoms with Crippen LogP contribution in [0.3, 0.4) is 0 Å². The summed E-state index contributed by atoms with van der Waals surface area (Å²) in [6, 6.07) is 0.915. The number of amides is 3. The lowest BCUT2D eigenvalue weighted by atomic mass is 9.81. The Bertz CT molecular complexity index is 590. The first-order chi connectivity index (χ1) is 14.0. The fourth-order valence-electron chi connectivity index (χ4n) is 5.65. The first-order valence-corrected chi connectivity index (χ1v) is 12.0. The summed E-state index contributed by atoms with van der Waals surface area (Å²) in [5.41, 5.74) is -0.154. The number of urea groups is 1. The summed E-state index contributed by atoms with van der Waals surface area (Å²) in [6.45, 7) is 6.37. The van der Waals surface area contributed by atoms with Crippen LogP contribution in [-0.4, -0.2) is 65.2 Å². The average Bonchev–Trinajstić information content (AvgIpc) is 3.37. The number of nitrogens with zero attached hydrogens (tertiary/aromatic N) is 2. The van der Waals surface area contributed by atoms with Gasteiger partial charge in [-0.05, 0) is 71.1 Å². The Morgan fingerprint density at radius 3 is 2.38 bits per heavy atom. The van der Waals surface area contributed by atoms with Crippen LogP contribution in [-0.2, 0) is 9.53 Å². The highest BCUT2D eigenvalue weighted by molar-refractivity contribution is 5.76. The molecular formula is C23H39N3O3. The van der Waals surface area contributed by atoms with Crippen molar-refractivity contribution in [1.82, 2.24) is 15.1 Å². The van der Waals surface area contributed by atoms with Gasteiger partial charge < -0.3 is 19.9 Å². The van der Waals surface area contributed by atoms with E-state index in [1.165, 1.54) is 25.7 Å². The van der Waals surface area contributed by atoms with Crippen LogP contribution in [0, 0.1) is 5.92 Å². The van der Waals surface area contributed by atoms with Crippen LogP contribution in [0.2, 0.25) is 0 Å². The van der Waals surface area contributed by atoms with Gasteiger partial charge in [0.25, 0.3) is 0 Å². The molecule has 1 N–H and O–H groups in total. The number of hydrogen-bond acceptors (Lipinski definition) is 3. The molecule has 29 heavy (non-hydrogen) atoms. The van der Waals surface area contributed by atoms with Crippen molar-refractivity contribution in [2.75, 3.05) is 19.7 Å². The van der Waals surface area contributed by atoms with Gasteiger partial charge in [0.1, 0.15) is 0 Å². The normalized spacial score (nSPS) is 27.4. The van der Waals surface area contributed by atoms with Crippen LogP contribution in [0.15, 0.2) is 0 Å². The molecule has 1 spiro atoms. The monoisotopic (exact) mass is 405 g/mol. The molecule has 0 aromatic heterocycles. The topological polar surface area (TPSA) is 61.9 Å². The van der Waals surface area contributed by atoms with Gasteiger partial charge in [-0.25, -0.2) is 4.79 Å². The molecule has 4 fully saturated rings. The van der Waals surface area contributed by atoms with Gasteiger partial charge in [-0.1, -0.05) is 12.8 Å². The van der Waals surface area contributed by atoms with Crippen LogP contribution in [0.5, 0.6) is 0 Å². The Kier molecular flexibility index (Phi) is 6.38. The van der Waals surface area contributed by atoms with E-state index in [-0.39, 0.29) is 23.7 Å². The molecule has 2 aliphatic carbocycles. The predicted octanol–water partition coefficient (Wildman–Crippen LogP) is 3.69. The molecule has 2 heterocycles. The van der Waals surface area contributed by atoms with Crippen LogP contribution in [0.25, 0.3) is 0 Å². The fourth-order valence-corrected chi connectivity index (χ4v) is 5.65. The summed E-state index contributed by atoms with van der Waals surface area (Å²) in [4.78, 5) is 29.7. The van der Waals surface area contributed by atoms with Gasteiger partial charge in [0.15, 0.2) is 0 Å². The Labute approximate surface area is 175 Å². The molecule has 2 saturated heterocycles. The lowest BCUT2D eigenvalue weighted by molar-refractivity contribution is -0.148. The van der Waals surface area contributed by atoms with Crippen molar-refractivity contribution in [2.45, 2.75) is 108 Å². The van der Waals surface area contributed by atoms with E-state index in [0.29, 0.717) is 17.9 Å². The maximum Gasteiger partial charge on any atom is 0.318 e. The van der Waals surface area contributed by atoms with Crippen molar-refractivity contribution in [3.8, 4) is 0 Å². The molecular weight excluding hydrogens is 366 g/mol. The van der Waals surface area contributed by atoms with Gasteiger partial charge in [-0.3, -0.25) is 4.79 Å². The molecule has 0 aromatic carbocycles. The SMILES string of the molecule is CC(C)NC(=O)N(C1CC1)C1CCOC2(CCN(C(=O)CC3CCCC3)CC2)C1. The molecule has 4 aliphatic rings. The van der Waals surface area contributed by atoms with Crippen molar-refractivity contribution in [1.29, 1.82) is 0 Å². The van der Waals surface area contributed by atoms with Crippen LogP contribution in [0.1, 0.15) is 84.5 Å². The first kappa shape index (κ1) is 21.0. The quantitative estimate of drug-likeness (QED) is 0.759. The number of piperidine rings is 1. The van der Waals surface area contributed by atoms with E-state index in [9.17, 15) is 9.59 Å². The zero-order valence-corrected chi connectivity index (χ0v) is 18.3. The number of hydrogen-bond donors (Lipinski definition) is 1. The molecule has 0 radical (unpaired) electrons. The largest absolute Gasteiger partial charge is 0.375 e.